The van der Waals surface area contributed by atoms with E-state index in [1.807, 2.05) is 0 Å². The molecular formula is C8H18ClNO. The Morgan fingerprint density at radius 1 is 1.36 bits per heavy atom. The van der Waals surface area contributed by atoms with Gasteiger partial charge in [-0.25, -0.2) is 0 Å². The van der Waals surface area contributed by atoms with Crippen LogP contribution in [0.5, 0.6) is 0 Å². The fourth-order valence-corrected chi connectivity index (χ4v) is 1.23. The average Bonchev–Trinajstić information content (AvgIpc) is 1.97. The summed E-state index contributed by atoms with van der Waals surface area (Å²) in [6.07, 6.45) is 0.842. The lowest BCUT2D eigenvalue weighted by atomic mass is 10.3. The van der Waals surface area contributed by atoms with Crippen molar-refractivity contribution in [3.63, 3.8) is 0 Å². The molecule has 0 unspecified atom stereocenters. The predicted molar refractivity (Wildman–Crippen MR) is 49.1 cm³/mol. The molecule has 0 spiro atoms. The van der Waals surface area contributed by atoms with Crippen molar-refractivity contribution in [2.75, 3.05) is 25.6 Å². The number of alkyl halides is 1. The van der Waals surface area contributed by atoms with Crippen LogP contribution >= 0.6 is 11.6 Å². The summed E-state index contributed by atoms with van der Waals surface area (Å²) in [5.41, 5.74) is 0. The Bertz CT molecular complexity index is 88.2. The fourth-order valence-electron chi connectivity index (χ4n) is 1.01. The van der Waals surface area contributed by atoms with E-state index in [9.17, 15) is 0 Å². The maximum absolute atomic E-state index is 8.61. The number of nitrogens with zero attached hydrogens (tertiary/aromatic N) is 1. The Kier molecular flexibility index (Phi) is 7.02. The van der Waals surface area contributed by atoms with Crippen LogP contribution in [0.2, 0.25) is 0 Å². The zero-order chi connectivity index (χ0) is 8.69. The van der Waals surface area contributed by atoms with Gasteiger partial charge in [-0.1, -0.05) is 0 Å². The molecule has 3 heteroatoms. The second-order valence-corrected chi connectivity index (χ2v) is 3.27. The van der Waals surface area contributed by atoms with Crippen molar-refractivity contribution in [1.82, 2.24) is 4.90 Å². The van der Waals surface area contributed by atoms with E-state index in [-0.39, 0.29) is 6.61 Å². The standard InChI is InChI=1S/C8H18ClNO/c1-8(2)10(6-4-9)5-3-7-11/h8,11H,3-7H2,1-2H3. The fraction of sp³-hybridized carbons (Fsp3) is 1.00. The Labute approximate surface area is 74.2 Å². The number of hydrogen-bond donors (Lipinski definition) is 1. The topological polar surface area (TPSA) is 23.5 Å². The molecular weight excluding hydrogens is 162 g/mol. The molecule has 0 saturated carbocycles. The van der Waals surface area contributed by atoms with E-state index in [0.29, 0.717) is 11.9 Å². The largest absolute Gasteiger partial charge is 0.396 e. The van der Waals surface area contributed by atoms with Gasteiger partial charge in [0.1, 0.15) is 0 Å². The van der Waals surface area contributed by atoms with Gasteiger partial charge in [0.05, 0.1) is 0 Å². The molecule has 11 heavy (non-hydrogen) atoms. The molecule has 0 heterocycles. The predicted octanol–water partition coefficient (Wildman–Crippen LogP) is 1.32. The Hall–Kier alpha value is 0.210. The molecule has 0 rings (SSSR count). The van der Waals surface area contributed by atoms with Gasteiger partial charge in [0, 0.05) is 31.6 Å². The van der Waals surface area contributed by atoms with Gasteiger partial charge in [-0.3, -0.25) is 4.90 Å². The molecule has 68 valence electrons. The van der Waals surface area contributed by atoms with Crippen molar-refractivity contribution in [3.05, 3.63) is 0 Å². The number of rotatable bonds is 6. The molecule has 0 saturated heterocycles. The zero-order valence-electron chi connectivity index (χ0n) is 7.39. The molecule has 0 aromatic carbocycles. The number of halogens is 1. The lowest BCUT2D eigenvalue weighted by Crippen LogP contribution is -2.33. The smallest absolute Gasteiger partial charge is 0.0443 e. The molecule has 0 aliphatic heterocycles. The molecule has 0 aliphatic rings. The zero-order valence-corrected chi connectivity index (χ0v) is 8.14. The molecule has 0 aromatic heterocycles. The average molecular weight is 180 g/mol. The monoisotopic (exact) mass is 179 g/mol. The first kappa shape index (κ1) is 11.2. The SMILES string of the molecule is CC(C)N(CCCl)CCCO. The van der Waals surface area contributed by atoms with Gasteiger partial charge in [0.25, 0.3) is 0 Å². The molecule has 0 atom stereocenters. The van der Waals surface area contributed by atoms with Crippen LogP contribution in [-0.2, 0) is 0 Å². The maximum atomic E-state index is 8.61. The number of aliphatic hydroxyl groups excluding tert-OH is 1. The van der Waals surface area contributed by atoms with Gasteiger partial charge in [-0.05, 0) is 20.3 Å². The van der Waals surface area contributed by atoms with E-state index < -0.39 is 0 Å². The minimum atomic E-state index is 0.269. The van der Waals surface area contributed by atoms with Crippen molar-refractivity contribution in [2.45, 2.75) is 26.3 Å². The van der Waals surface area contributed by atoms with Gasteiger partial charge in [0.15, 0.2) is 0 Å². The van der Waals surface area contributed by atoms with E-state index in [2.05, 4.69) is 18.7 Å². The third-order valence-corrected chi connectivity index (χ3v) is 1.87. The Balaban J connectivity index is 3.51. The maximum Gasteiger partial charge on any atom is 0.0443 e. The Morgan fingerprint density at radius 3 is 2.36 bits per heavy atom. The summed E-state index contributed by atoms with van der Waals surface area (Å²) in [6, 6.07) is 0.528. The third kappa shape index (κ3) is 5.48. The third-order valence-electron chi connectivity index (χ3n) is 1.71. The molecule has 1 N–H and O–H groups in total. The van der Waals surface area contributed by atoms with Crippen LogP contribution in [0.3, 0.4) is 0 Å². The molecule has 0 aromatic rings. The molecule has 0 fully saturated rings. The van der Waals surface area contributed by atoms with Crippen LogP contribution in [0.15, 0.2) is 0 Å². The highest BCUT2D eigenvalue weighted by molar-refractivity contribution is 6.18. The van der Waals surface area contributed by atoms with Gasteiger partial charge < -0.3 is 5.11 Å². The summed E-state index contributed by atoms with van der Waals surface area (Å²) in [4.78, 5) is 2.27. The Morgan fingerprint density at radius 2 is 2.00 bits per heavy atom. The van der Waals surface area contributed by atoms with E-state index in [0.717, 1.165) is 19.5 Å². The first-order valence-electron chi connectivity index (χ1n) is 4.13. The van der Waals surface area contributed by atoms with Gasteiger partial charge >= 0.3 is 0 Å². The van der Waals surface area contributed by atoms with Crippen LogP contribution in [0.4, 0.5) is 0 Å². The first-order chi connectivity index (χ1) is 5.22. The summed E-state index contributed by atoms with van der Waals surface area (Å²) in [7, 11) is 0. The molecule has 0 amide bonds. The van der Waals surface area contributed by atoms with E-state index in [1.165, 1.54) is 0 Å². The van der Waals surface area contributed by atoms with Crippen LogP contribution in [0, 0.1) is 0 Å². The minimum Gasteiger partial charge on any atom is -0.396 e. The molecule has 0 aliphatic carbocycles. The highest BCUT2D eigenvalue weighted by Crippen LogP contribution is 1.99. The summed E-state index contributed by atoms with van der Waals surface area (Å²) in [5, 5.41) is 8.61. The highest BCUT2D eigenvalue weighted by Gasteiger charge is 2.06. The van der Waals surface area contributed by atoms with Crippen molar-refractivity contribution in [1.29, 1.82) is 0 Å². The van der Waals surface area contributed by atoms with Crippen LogP contribution in [0.25, 0.3) is 0 Å². The van der Waals surface area contributed by atoms with Crippen LogP contribution in [0.1, 0.15) is 20.3 Å². The second-order valence-electron chi connectivity index (χ2n) is 2.90. The molecule has 0 radical (unpaired) electrons. The van der Waals surface area contributed by atoms with Crippen LogP contribution in [-0.4, -0.2) is 41.6 Å². The van der Waals surface area contributed by atoms with Crippen molar-refractivity contribution < 1.29 is 5.11 Å². The molecule has 0 bridgehead atoms. The number of aliphatic hydroxyl groups is 1. The highest BCUT2D eigenvalue weighted by atomic mass is 35.5. The van der Waals surface area contributed by atoms with Crippen molar-refractivity contribution in [3.8, 4) is 0 Å². The van der Waals surface area contributed by atoms with Gasteiger partial charge in [-0.15, -0.1) is 11.6 Å². The molecule has 2 nitrogen and oxygen atoms in total. The summed E-state index contributed by atoms with van der Waals surface area (Å²) < 4.78 is 0. The van der Waals surface area contributed by atoms with Crippen LogP contribution < -0.4 is 0 Å². The summed E-state index contributed by atoms with van der Waals surface area (Å²) in [5.74, 6) is 0.670. The summed E-state index contributed by atoms with van der Waals surface area (Å²) >= 11 is 5.62. The van der Waals surface area contributed by atoms with E-state index >= 15 is 0 Å². The minimum absolute atomic E-state index is 0.269. The second kappa shape index (κ2) is 6.89. The van der Waals surface area contributed by atoms with Gasteiger partial charge in [-0.2, -0.15) is 0 Å². The van der Waals surface area contributed by atoms with E-state index in [4.69, 9.17) is 16.7 Å². The normalized spacial score (nSPS) is 11.5. The van der Waals surface area contributed by atoms with Gasteiger partial charge in [0.2, 0.25) is 0 Å². The van der Waals surface area contributed by atoms with Crippen molar-refractivity contribution >= 4 is 11.6 Å². The lowest BCUT2D eigenvalue weighted by molar-refractivity contribution is 0.200. The first-order valence-corrected chi connectivity index (χ1v) is 4.66. The van der Waals surface area contributed by atoms with E-state index in [1.54, 1.807) is 0 Å². The quantitative estimate of drug-likeness (QED) is 0.622. The van der Waals surface area contributed by atoms with Crippen molar-refractivity contribution in [2.24, 2.45) is 0 Å². The number of hydrogen-bond acceptors (Lipinski definition) is 2. The lowest BCUT2D eigenvalue weighted by Gasteiger charge is -2.24. The summed E-state index contributed by atoms with van der Waals surface area (Å²) in [6.45, 7) is 6.42.